The maximum absolute atomic E-state index is 12.6. The van der Waals surface area contributed by atoms with Crippen molar-refractivity contribution in [1.29, 1.82) is 0 Å². The van der Waals surface area contributed by atoms with Crippen LogP contribution in [0.25, 0.3) is 10.9 Å². The molecule has 160 valence electrons. The minimum absolute atomic E-state index is 0.154. The molecule has 0 saturated carbocycles. The van der Waals surface area contributed by atoms with Crippen LogP contribution in [0.4, 0.5) is 10.5 Å². The topological polar surface area (TPSA) is 92.7 Å². The number of imide groups is 1. The highest BCUT2D eigenvalue weighted by molar-refractivity contribution is 6.21. The summed E-state index contributed by atoms with van der Waals surface area (Å²) in [6, 6.07) is 15.5. The third kappa shape index (κ3) is 4.37. The third-order valence-corrected chi connectivity index (χ3v) is 5.35. The normalized spacial score (nSPS) is 15.9. The number of para-hydroxylation sites is 1. The first kappa shape index (κ1) is 20.5. The Labute approximate surface area is 179 Å². The van der Waals surface area contributed by atoms with E-state index in [4.69, 9.17) is 4.74 Å². The minimum Gasteiger partial charge on any atom is -0.497 e. The van der Waals surface area contributed by atoms with Gasteiger partial charge in [0.15, 0.2) is 0 Å². The number of carbonyl (C=O) groups is 3. The monoisotopic (exact) mass is 420 g/mol. The van der Waals surface area contributed by atoms with Gasteiger partial charge in [0.2, 0.25) is 5.91 Å². The highest BCUT2D eigenvalue weighted by Gasteiger charge is 2.38. The fourth-order valence-electron chi connectivity index (χ4n) is 3.73. The van der Waals surface area contributed by atoms with E-state index in [0.29, 0.717) is 18.8 Å². The number of anilines is 1. The van der Waals surface area contributed by atoms with Crippen LogP contribution in [-0.4, -0.2) is 42.1 Å². The van der Waals surface area contributed by atoms with E-state index in [1.807, 2.05) is 36.5 Å². The molecule has 2 heterocycles. The number of benzene rings is 2. The predicted molar refractivity (Wildman–Crippen MR) is 117 cm³/mol. The summed E-state index contributed by atoms with van der Waals surface area (Å²) in [5.41, 5.74) is 1.59. The SMILES string of the molecule is COc1ccc2c(ccn2CCNC(=O)CCC2NC(=O)N(c3ccccc3)C2=O)c1. The Kier molecular flexibility index (Phi) is 5.88. The second-order valence-corrected chi connectivity index (χ2v) is 7.33. The van der Waals surface area contributed by atoms with Crippen LogP contribution >= 0.6 is 0 Å². The number of fused-ring (bicyclic) bond motifs is 1. The Balaban J connectivity index is 1.25. The number of hydrogen-bond acceptors (Lipinski definition) is 4. The molecule has 31 heavy (non-hydrogen) atoms. The van der Waals surface area contributed by atoms with Crippen molar-refractivity contribution in [3.8, 4) is 5.75 Å². The van der Waals surface area contributed by atoms with Crippen molar-refractivity contribution in [3.63, 3.8) is 0 Å². The van der Waals surface area contributed by atoms with E-state index in [0.717, 1.165) is 21.6 Å². The van der Waals surface area contributed by atoms with Crippen LogP contribution in [0.2, 0.25) is 0 Å². The molecule has 4 amide bonds. The van der Waals surface area contributed by atoms with Crippen molar-refractivity contribution in [3.05, 3.63) is 60.8 Å². The predicted octanol–water partition coefficient (Wildman–Crippen LogP) is 2.67. The molecular weight excluding hydrogens is 396 g/mol. The van der Waals surface area contributed by atoms with Crippen LogP contribution in [0.5, 0.6) is 5.75 Å². The van der Waals surface area contributed by atoms with E-state index in [1.54, 1.807) is 31.4 Å². The number of urea groups is 1. The summed E-state index contributed by atoms with van der Waals surface area (Å²) in [5, 5.41) is 6.61. The number of rotatable bonds is 8. The first-order chi connectivity index (χ1) is 15.1. The van der Waals surface area contributed by atoms with Gasteiger partial charge in [0.25, 0.3) is 5.91 Å². The first-order valence-corrected chi connectivity index (χ1v) is 10.2. The second-order valence-electron chi connectivity index (χ2n) is 7.33. The van der Waals surface area contributed by atoms with Crippen LogP contribution in [0, 0.1) is 0 Å². The number of methoxy groups -OCH3 is 1. The summed E-state index contributed by atoms with van der Waals surface area (Å²) in [7, 11) is 1.64. The average molecular weight is 420 g/mol. The maximum Gasteiger partial charge on any atom is 0.329 e. The molecule has 1 aliphatic rings. The molecule has 2 N–H and O–H groups in total. The van der Waals surface area contributed by atoms with Gasteiger partial charge in [-0.1, -0.05) is 18.2 Å². The van der Waals surface area contributed by atoms with Crippen molar-refractivity contribution >= 4 is 34.4 Å². The van der Waals surface area contributed by atoms with Gasteiger partial charge in [0.05, 0.1) is 12.8 Å². The molecule has 0 radical (unpaired) electrons. The van der Waals surface area contributed by atoms with Crippen LogP contribution in [0.1, 0.15) is 12.8 Å². The van der Waals surface area contributed by atoms with E-state index in [1.165, 1.54) is 0 Å². The van der Waals surface area contributed by atoms with Gasteiger partial charge in [-0.05, 0) is 42.8 Å². The molecule has 0 bridgehead atoms. The molecule has 1 aromatic heterocycles. The minimum atomic E-state index is -0.693. The molecule has 8 heteroatoms. The molecule has 1 saturated heterocycles. The highest BCUT2D eigenvalue weighted by atomic mass is 16.5. The lowest BCUT2D eigenvalue weighted by atomic mass is 10.1. The van der Waals surface area contributed by atoms with Crippen LogP contribution in [0.3, 0.4) is 0 Å². The van der Waals surface area contributed by atoms with Crippen molar-refractivity contribution in [2.45, 2.75) is 25.4 Å². The van der Waals surface area contributed by atoms with E-state index < -0.39 is 12.1 Å². The van der Waals surface area contributed by atoms with Gasteiger partial charge in [0.1, 0.15) is 11.8 Å². The number of amides is 4. The average Bonchev–Trinajstić information content (AvgIpc) is 3.32. The zero-order valence-corrected chi connectivity index (χ0v) is 17.2. The van der Waals surface area contributed by atoms with Gasteiger partial charge < -0.3 is 19.9 Å². The fourth-order valence-corrected chi connectivity index (χ4v) is 3.73. The van der Waals surface area contributed by atoms with Crippen LogP contribution < -0.4 is 20.3 Å². The fraction of sp³-hybridized carbons (Fsp3) is 0.261. The number of aromatic nitrogens is 1. The number of ether oxygens (including phenoxy) is 1. The number of hydrogen-bond donors (Lipinski definition) is 2. The molecule has 1 fully saturated rings. The Morgan fingerprint density at radius 2 is 1.94 bits per heavy atom. The molecule has 4 rings (SSSR count). The second kappa shape index (κ2) is 8.91. The smallest absolute Gasteiger partial charge is 0.329 e. The standard InChI is InChI=1S/C23H24N4O4/c1-31-18-7-9-20-16(15-18)11-13-26(20)14-12-24-21(28)10-8-19-22(29)27(23(30)25-19)17-5-3-2-4-6-17/h2-7,9,11,13,15,19H,8,10,12,14H2,1H3,(H,24,28)(H,25,30). The number of nitrogens with zero attached hydrogens (tertiary/aromatic N) is 2. The molecule has 0 spiro atoms. The summed E-state index contributed by atoms with van der Waals surface area (Å²) in [4.78, 5) is 38.1. The summed E-state index contributed by atoms with van der Waals surface area (Å²) >= 11 is 0. The van der Waals surface area contributed by atoms with Gasteiger partial charge in [-0.2, -0.15) is 0 Å². The molecule has 0 aliphatic carbocycles. The van der Waals surface area contributed by atoms with E-state index in [2.05, 4.69) is 15.2 Å². The van der Waals surface area contributed by atoms with Gasteiger partial charge in [0, 0.05) is 36.6 Å². The van der Waals surface area contributed by atoms with Crippen LogP contribution in [0.15, 0.2) is 60.8 Å². The summed E-state index contributed by atoms with van der Waals surface area (Å²) in [6.45, 7) is 1.10. The van der Waals surface area contributed by atoms with Crippen molar-refractivity contribution in [2.24, 2.45) is 0 Å². The molecule has 1 aliphatic heterocycles. The lowest BCUT2D eigenvalue weighted by Crippen LogP contribution is -2.33. The van der Waals surface area contributed by atoms with Crippen molar-refractivity contribution in [1.82, 2.24) is 15.2 Å². The van der Waals surface area contributed by atoms with E-state index in [-0.39, 0.29) is 24.7 Å². The molecule has 2 aromatic carbocycles. The Morgan fingerprint density at radius 3 is 2.71 bits per heavy atom. The largest absolute Gasteiger partial charge is 0.497 e. The van der Waals surface area contributed by atoms with Crippen LogP contribution in [-0.2, 0) is 16.1 Å². The molecule has 1 atom stereocenters. The lowest BCUT2D eigenvalue weighted by molar-refractivity contribution is -0.121. The van der Waals surface area contributed by atoms with Crippen molar-refractivity contribution < 1.29 is 19.1 Å². The third-order valence-electron chi connectivity index (χ3n) is 5.35. The Bertz CT molecular complexity index is 1110. The lowest BCUT2D eigenvalue weighted by Gasteiger charge is -2.12. The van der Waals surface area contributed by atoms with Gasteiger partial charge in [-0.15, -0.1) is 0 Å². The quantitative estimate of drug-likeness (QED) is 0.548. The van der Waals surface area contributed by atoms with E-state index in [9.17, 15) is 14.4 Å². The van der Waals surface area contributed by atoms with Gasteiger partial charge in [-0.25, -0.2) is 9.69 Å². The molecule has 1 unspecified atom stereocenters. The van der Waals surface area contributed by atoms with Gasteiger partial charge in [-0.3, -0.25) is 9.59 Å². The van der Waals surface area contributed by atoms with E-state index >= 15 is 0 Å². The number of carbonyl (C=O) groups excluding carboxylic acids is 3. The number of nitrogens with one attached hydrogen (secondary N) is 2. The zero-order valence-electron chi connectivity index (χ0n) is 17.2. The molecule has 8 nitrogen and oxygen atoms in total. The molecule has 3 aromatic rings. The zero-order chi connectivity index (χ0) is 21.8. The Hall–Kier alpha value is -3.81. The Morgan fingerprint density at radius 1 is 1.13 bits per heavy atom. The summed E-state index contributed by atoms with van der Waals surface area (Å²) in [6.07, 6.45) is 2.39. The maximum atomic E-state index is 12.6. The van der Waals surface area contributed by atoms with Gasteiger partial charge >= 0.3 is 6.03 Å². The molecular formula is C23H24N4O4. The highest BCUT2D eigenvalue weighted by Crippen LogP contribution is 2.22. The summed E-state index contributed by atoms with van der Waals surface area (Å²) in [5.74, 6) is 0.314. The van der Waals surface area contributed by atoms with Crippen molar-refractivity contribution in [2.75, 3.05) is 18.6 Å². The summed E-state index contributed by atoms with van der Waals surface area (Å²) < 4.78 is 7.30. The first-order valence-electron chi connectivity index (χ1n) is 10.2.